The molecular formula is C17H29N7O. The molecule has 25 heavy (non-hydrogen) atoms. The summed E-state index contributed by atoms with van der Waals surface area (Å²) in [7, 11) is 0. The van der Waals surface area contributed by atoms with Crippen LogP contribution in [0, 0.1) is 0 Å². The Morgan fingerprint density at radius 1 is 1.24 bits per heavy atom. The summed E-state index contributed by atoms with van der Waals surface area (Å²) in [5, 5.41) is 14.6. The summed E-state index contributed by atoms with van der Waals surface area (Å²) >= 11 is 0. The van der Waals surface area contributed by atoms with Crippen molar-refractivity contribution >= 4 is 11.8 Å². The molecule has 2 N–H and O–H groups in total. The van der Waals surface area contributed by atoms with Crippen molar-refractivity contribution in [3.8, 4) is 0 Å². The Balaban J connectivity index is 2.10. The minimum atomic E-state index is -0.265. The summed E-state index contributed by atoms with van der Waals surface area (Å²) in [4.78, 5) is 16.3. The van der Waals surface area contributed by atoms with E-state index in [4.69, 9.17) is 5.10 Å². The molecule has 138 valence electrons. The van der Waals surface area contributed by atoms with Gasteiger partial charge in [-0.3, -0.25) is 10.00 Å². The third kappa shape index (κ3) is 5.04. The van der Waals surface area contributed by atoms with Gasteiger partial charge in [0.25, 0.3) is 0 Å². The molecule has 2 amide bonds. The Bertz CT molecular complexity index is 704. The van der Waals surface area contributed by atoms with Crippen LogP contribution in [0.15, 0.2) is 18.7 Å². The minimum Gasteiger partial charge on any atom is -0.334 e. The van der Waals surface area contributed by atoms with Crippen molar-refractivity contribution in [1.82, 2.24) is 29.9 Å². The Labute approximate surface area is 149 Å². The highest BCUT2D eigenvalue weighted by atomic mass is 16.2. The molecule has 2 heterocycles. The largest absolute Gasteiger partial charge is 0.334 e. The third-order valence-electron chi connectivity index (χ3n) is 3.66. The summed E-state index contributed by atoms with van der Waals surface area (Å²) in [5.74, 6) is 0.683. The molecule has 0 aliphatic carbocycles. The van der Waals surface area contributed by atoms with Gasteiger partial charge in [-0.2, -0.15) is 10.2 Å². The molecule has 8 heteroatoms. The van der Waals surface area contributed by atoms with Gasteiger partial charge in [0.15, 0.2) is 0 Å². The molecule has 0 fully saturated rings. The first-order chi connectivity index (χ1) is 11.5. The number of rotatable bonds is 4. The van der Waals surface area contributed by atoms with Crippen LogP contribution in [0.5, 0.6) is 0 Å². The number of nitrogens with zero attached hydrogens (tertiary/aromatic N) is 5. The number of anilines is 1. The number of aromatic nitrogens is 5. The smallest absolute Gasteiger partial charge is 0.320 e. The lowest BCUT2D eigenvalue weighted by Crippen LogP contribution is -2.39. The van der Waals surface area contributed by atoms with E-state index in [2.05, 4.69) is 62.3 Å². The lowest BCUT2D eigenvalue weighted by molar-refractivity contribution is 0.247. The second-order valence-corrected chi connectivity index (χ2v) is 8.36. The Morgan fingerprint density at radius 3 is 2.44 bits per heavy atom. The second-order valence-electron chi connectivity index (χ2n) is 8.36. The molecule has 0 saturated carbocycles. The zero-order valence-corrected chi connectivity index (χ0v) is 16.2. The number of carbonyl (C=O) groups is 1. The fourth-order valence-electron chi connectivity index (χ4n) is 2.38. The van der Waals surface area contributed by atoms with Gasteiger partial charge in [0.1, 0.15) is 18.5 Å². The third-order valence-corrected chi connectivity index (χ3v) is 3.66. The van der Waals surface area contributed by atoms with Crippen LogP contribution in [0.25, 0.3) is 0 Å². The van der Waals surface area contributed by atoms with E-state index in [-0.39, 0.29) is 23.0 Å². The fourth-order valence-corrected chi connectivity index (χ4v) is 2.38. The molecule has 0 spiro atoms. The molecule has 1 atom stereocenters. The van der Waals surface area contributed by atoms with Crippen molar-refractivity contribution in [3.05, 3.63) is 24.4 Å². The highest BCUT2D eigenvalue weighted by Gasteiger charge is 2.25. The van der Waals surface area contributed by atoms with E-state index in [0.717, 1.165) is 5.69 Å². The Morgan fingerprint density at radius 2 is 1.92 bits per heavy atom. The molecule has 2 aromatic rings. The first-order valence-electron chi connectivity index (χ1n) is 8.48. The maximum Gasteiger partial charge on any atom is 0.320 e. The molecule has 2 aromatic heterocycles. The molecular weight excluding hydrogens is 318 g/mol. The van der Waals surface area contributed by atoms with Crippen LogP contribution >= 0.6 is 0 Å². The summed E-state index contributed by atoms with van der Waals surface area (Å²) in [6, 6.07) is 1.58. The first kappa shape index (κ1) is 19.0. The van der Waals surface area contributed by atoms with Gasteiger partial charge in [-0.05, 0) is 27.7 Å². The SMILES string of the molecule is CC(Cn1cncn1)NC(=O)Nc1cc(C(C)(C)C)nn1C(C)(C)C. The summed E-state index contributed by atoms with van der Waals surface area (Å²) in [5.41, 5.74) is 0.607. The van der Waals surface area contributed by atoms with Crippen molar-refractivity contribution < 1.29 is 4.79 Å². The van der Waals surface area contributed by atoms with E-state index in [1.165, 1.54) is 6.33 Å². The lowest BCUT2D eigenvalue weighted by Gasteiger charge is -2.23. The van der Waals surface area contributed by atoms with Gasteiger partial charge in [-0.15, -0.1) is 0 Å². The fraction of sp³-hybridized carbons (Fsp3) is 0.647. The number of hydrogen-bond donors (Lipinski definition) is 2. The Hall–Kier alpha value is -2.38. The van der Waals surface area contributed by atoms with Crippen LogP contribution in [-0.2, 0) is 17.5 Å². The van der Waals surface area contributed by atoms with Crippen LogP contribution in [-0.4, -0.2) is 36.6 Å². The molecule has 0 aliphatic rings. The van der Waals surface area contributed by atoms with E-state index in [0.29, 0.717) is 12.4 Å². The number of hydrogen-bond acceptors (Lipinski definition) is 4. The number of amides is 2. The van der Waals surface area contributed by atoms with Crippen LogP contribution < -0.4 is 10.6 Å². The molecule has 8 nitrogen and oxygen atoms in total. The summed E-state index contributed by atoms with van der Waals surface area (Å²) < 4.78 is 3.54. The zero-order valence-electron chi connectivity index (χ0n) is 16.2. The number of carbonyl (C=O) groups excluding carboxylic acids is 1. The maximum atomic E-state index is 12.4. The molecule has 0 bridgehead atoms. The van der Waals surface area contributed by atoms with Gasteiger partial charge in [0.2, 0.25) is 0 Å². The van der Waals surface area contributed by atoms with Crippen molar-refractivity contribution in [3.63, 3.8) is 0 Å². The number of urea groups is 1. The molecule has 0 saturated heterocycles. The molecule has 2 rings (SSSR count). The van der Waals surface area contributed by atoms with Gasteiger partial charge < -0.3 is 5.32 Å². The minimum absolute atomic E-state index is 0.0882. The van der Waals surface area contributed by atoms with Gasteiger partial charge in [-0.25, -0.2) is 14.5 Å². The summed E-state index contributed by atoms with van der Waals surface area (Å²) in [6.07, 6.45) is 3.10. The maximum absolute atomic E-state index is 12.4. The molecule has 1 unspecified atom stereocenters. The van der Waals surface area contributed by atoms with E-state index in [1.54, 1.807) is 11.0 Å². The van der Waals surface area contributed by atoms with Crippen molar-refractivity contribution in [1.29, 1.82) is 0 Å². The standard InChI is InChI=1S/C17H29N7O/c1-12(9-23-11-18-10-19-23)20-15(25)21-14-8-13(16(2,3)4)22-24(14)17(5,6)7/h8,10-12H,9H2,1-7H3,(H2,20,21,25). The lowest BCUT2D eigenvalue weighted by atomic mass is 9.92. The zero-order chi connectivity index (χ0) is 18.8. The van der Waals surface area contributed by atoms with Crippen LogP contribution in [0.2, 0.25) is 0 Å². The van der Waals surface area contributed by atoms with E-state index in [9.17, 15) is 4.79 Å². The highest BCUT2D eigenvalue weighted by molar-refractivity contribution is 5.88. The van der Waals surface area contributed by atoms with Crippen molar-refractivity contribution in [2.45, 2.75) is 72.0 Å². The quantitative estimate of drug-likeness (QED) is 0.890. The molecule has 0 radical (unpaired) electrons. The molecule has 0 aromatic carbocycles. The predicted octanol–water partition coefficient (Wildman–Crippen LogP) is 2.74. The monoisotopic (exact) mass is 347 g/mol. The van der Waals surface area contributed by atoms with Gasteiger partial charge in [0.05, 0.1) is 17.8 Å². The Kier molecular flexibility index (Phi) is 5.20. The molecule has 0 aliphatic heterocycles. The average molecular weight is 347 g/mol. The van der Waals surface area contributed by atoms with Crippen LogP contribution in [0.3, 0.4) is 0 Å². The number of nitrogens with one attached hydrogen (secondary N) is 2. The predicted molar refractivity (Wildman–Crippen MR) is 97.6 cm³/mol. The van der Waals surface area contributed by atoms with E-state index >= 15 is 0 Å². The van der Waals surface area contributed by atoms with Crippen LogP contribution in [0.1, 0.15) is 54.2 Å². The van der Waals surface area contributed by atoms with E-state index < -0.39 is 0 Å². The van der Waals surface area contributed by atoms with Gasteiger partial charge >= 0.3 is 6.03 Å². The van der Waals surface area contributed by atoms with Crippen molar-refractivity contribution in [2.75, 3.05) is 5.32 Å². The van der Waals surface area contributed by atoms with Crippen LogP contribution in [0.4, 0.5) is 10.6 Å². The highest BCUT2D eigenvalue weighted by Crippen LogP contribution is 2.28. The van der Waals surface area contributed by atoms with Gasteiger partial charge in [0, 0.05) is 17.5 Å². The first-order valence-corrected chi connectivity index (χ1v) is 8.48. The normalized spacial score (nSPS) is 13.6. The van der Waals surface area contributed by atoms with Crippen molar-refractivity contribution in [2.24, 2.45) is 0 Å². The average Bonchev–Trinajstić information content (AvgIpc) is 3.05. The second kappa shape index (κ2) is 6.85. The van der Waals surface area contributed by atoms with Gasteiger partial charge in [-0.1, -0.05) is 20.8 Å². The summed E-state index contributed by atoms with van der Waals surface area (Å²) in [6.45, 7) is 15.0. The topological polar surface area (TPSA) is 89.7 Å². The van der Waals surface area contributed by atoms with E-state index in [1.807, 2.05) is 17.7 Å².